The molecule has 0 aliphatic carbocycles. The van der Waals surface area contributed by atoms with Crippen LogP contribution in [0.15, 0.2) is 36.6 Å². The molecule has 0 aromatic carbocycles. The summed E-state index contributed by atoms with van der Waals surface area (Å²) in [6.07, 6.45) is 6.25. The minimum Gasteiger partial charge on any atom is -0.464 e. The molecule has 0 bridgehead atoms. The zero-order valence-corrected chi connectivity index (χ0v) is 10.4. The van der Waals surface area contributed by atoms with Gasteiger partial charge in [0.1, 0.15) is 5.54 Å². The van der Waals surface area contributed by atoms with Gasteiger partial charge in [-0.2, -0.15) is 0 Å². The molecule has 0 saturated carbocycles. The minimum absolute atomic E-state index is 0.103. The third kappa shape index (κ3) is 1.61. The highest BCUT2D eigenvalue weighted by Gasteiger charge is 2.53. The normalized spacial score (nSPS) is 27.0. The van der Waals surface area contributed by atoms with E-state index in [-0.39, 0.29) is 5.97 Å². The van der Waals surface area contributed by atoms with Crippen molar-refractivity contribution in [3.05, 3.63) is 36.6 Å². The van der Waals surface area contributed by atoms with E-state index in [1.165, 1.54) is 0 Å². The van der Waals surface area contributed by atoms with Crippen LogP contribution in [-0.4, -0.2) is 29.6 Å². The summed E-state index contributed by atoms with van der Waals surface area (Å²) in [5.74, 6) is -0.103. The van der Waals surface area contributed by atoms with Crippen LogP contribution in [0, 0.1) is 0 Å². The molecule has 1 saturated heterocycles. The topological polar surface area (TPSA) is 29.5 Å². The second-order valence-electron chi connectivity index (χ2n) is 4.50. The van der Waals surface area contributed by atoms with Crippen LogP contribution in [0.3, 0.4) is 0 Å². The van der Waals surface area contributed by atoms with Gasteiger partial charge in [0, 0.05) is 18.7 Å². The molecule has 2 rings (SSSR count). The third-order valence-electron chi connectivity index (χ3n) is 3.69. The molecule has 1 fully saturated rings. The van der Waals surface area contributed by atoms with Crippen LogP contribution in [0.1, 0.15) is 26.2 Å². The van der Waals surface area contributed by atoms with Crippen molar-refractivity contribution in [2.45, 2.75) is 31.7 Å². The fourth-order valence-corrected chi connectivity index (χ4v) is 2.96. The molecule has 2 aliphatic heterocycles. The van der Waals surface area contributed by atoms with E-state index in [9.17, 15) is 4.79 Å². The summed E-state index contributed by atoms with van der Waals surface area (Å²) in [6, 6.07) is 0. The van der Waals surface area contributed by atoms with Crippen LogP contribution in [0.4, 0.5) is 0 Å². The Morgan fingerprint density at radius 2 is 2.29 bits per heavy atom. The van der Waals surface area contributed by atoms with Crippen molar-refractivity contribution in [2.24, 2.45) is 0 Å². The molecule has 92 valence electrons. The first kappa shape index (κ1) is 12.0. The van der Waals surface area contributed by atoms with Gasteiger partial charge in [0.05, 0.1) is 6.61 Å². The van der Waals surface area contributed by atoms with Crippen LogP contribution < -0.4 is 0 Å². The van der Waals surface area contributed by atoms with Gasteiger partial charge in [0.25, 0.3) is 0 Å². The highest BCUT2D eigenvalue weighted by atomic mass is 16.5. The Hall–Kier alpha value is -1.51. The number of carbonyl (C=O) groups is 1. The quantitative estimate of drug-likeness (QED) is 0.698. The fourth-order valence-electron chi connectivity index (χ4n) is 2.96. The van der Waals surface area contributed by atoms with Gasteiger partial charge in [0.2, 0.25) is 0 Å². The van der Waals surface area contributed by atoms with Crippen LogP contribution in [0.25, 0.3) is 0 Å². The molecule has 2 heterocycles. The minimum atomic E-state index is -0.483. The molecule has 2 aliphatic rings. The molecule has 1 unspecified atom stereocenters. The zero-order valence-electron chi connectivity index (χ0n) is 10.4. The van der Waals surface area contributed by atoms with Crippen LogP contribution in [0.2, 0.25) is 0 Å². The van der Waals surface area contributed by atoms with Gasteiger partial charge in [0.15, 0.2) is 0 Å². The second kappa shape index (κ2) is 4.40. The number of allylic oxidation sites excluding steroid dienone is 2. The van der Waals surface area contributed by atoms with Crippen molar-refractivity contribution >= 4 is 5.97 Å². The third-order valence-corrected chi connectivity index (χ3v) is 3.69. The molecule has 0 amide bonds. The summed E-state index contributed by atoms with van der Waals surface area (Å²) >= 11 is 0. The monoisotopic (exact) mass is 233 g/mol. The molecule has 0 spiro atoms. The molecule has 0 aromatic rings. The first-order valence-corrected chi connectivity index (χ1v) is 6.12. The van der Waals surface area contributed by atoms with Crippen molar-refractivity contribution in [3.63, 3.8) is 0 Å². The highest BCUT2D eigenvalue weighted by molar-refractivity contribution is 5.83. The van der Waals surface area contributed by atoms with Crippen LogP contribution in [0.5, 0.6) is 0 Å². The van der Waals surface area contributed by atoms with Gasteiger partial charge >= 0.3 is 5.97 Å². The predicted molar refractivity (Wildman–Crippen MR) is 67.3 cm³/mol. The van der Waals surface area contributed by atoms with E-state index >= 15 is 0 Å². The molecular weight excluding hydrogens is 214 g/mol. The second-order valence-corrected chi connectivity index (χ2v) is 4.50. The van der Waals surface area contributed by atoms with Crippen molar-refractivity contribution in [3.8, 4) is 0 Å². The Morgan fingerprint density at radius 1 is 1.53 bits per heavy atom. The van der Waals surface area contributed by atoms with Crippen molar-refractivity contribution in [2.75, 3.05) is 13.2 Å². The summed E-state index contributed by atoms with van der Waals surface area (Å²) in [6.45, 7) is 10.8. The van der Waals surface area contributed by atoms with Crippen LogP contribution in [-0.2, 0) is 9.53 Å². The number of hydrogen-bond donors (Lipinski definition) is 0. The molecule has 17 heavy (non-hydrogen) atoms. The number of ether oxygens (including phenoxy) is 1. The van der Waals surface area contributed by atoms with E-state index in [1.54, 1.807) is 0 Å². The Bertz CT molecular complexity index is 397. The Balaban J connectivity index is 2.35. The lowest BCUT2D eigenvalue weighted by molar-refractivity contribution is -0.154. The van der Waals surface area contributed by atoms with Crippen molar-refractivity contribution < 1.29 is 9.53 Å². The van der Waals surface area contributed by atoms with E-state index in [1.807, 2.05) is 19.1 Å². The average Bonchev–Trinajstić information content (AvgIpc) is 2.84. The maximum Gasteiger partial charge on any atom is 0.332 e. The van der Waals surface area contributed by atoms with E-state index in [4.69, 9.17) is 4.74 Å². The first-order valence-electron chi connectivity index (χ1n) is 6.12. The Labute approximate surface area is 102 Å². The van der Waals surface area contributed by atoms with Gasteiger partial charge in [-0.25, -0.2) is 4.79 Å². The van der Waals surface area contributed by atoms with Gasteiger partial charge in [-0.15, -0.1) is 0 Å². The lowest BCUT2D eigenvalue weighted by atomic mass is 9.91. The van der Waals surface area contributed by atoms with Crippen LogP contribution >= 0.6 is 0 Å². The number of esters is 1. The summed E-state index contributed by atoms with van der Waals surface area (Å²) in [4.78, 5) is 14.4. The Kier molecular flexibility index (Phi) is 3.09. The van der Waals surface area contributed by atoms with Gasteiger partial charge < -0.3 is 9.64 Å². The number of fused-ring (bicyclic) bond motifs is 1. The van der Waals surface area contributed by atoms with E-state index in [2.05, 4.69) is 18.1 Å². The van der Waals surface area contributed by atoms with E-state index in [0.29, 0.717) is 13.0 Å². The maximum atomic E-state index is 12.2. The zero-order chi connectivity index (χ0) is 12.5. The Morgan fingerprint density at radius 3 is 2.88 bits per heavy atom. The van der Waals surface area contributed by atoms with Gasteiger partial charge in [-0.05, 0) is 31.4 Å². The average molecular weight is 233 g/mol. The number of rotatable bonds is 4. The summed E-state index contributed by atoms with van der Waals surface area (Å²) in [5.41, 5.74) is 1.67. The molecule has 0 radical (unpaired) electrons. The predicted octanol–water partition coefficient (Wildman–Crippen LogP) is 2.41. The lowest BCUT2D eigenvalue weighted by Crippen LogP contribution is -2.47. The van der Waals surface area contributed by atoms with E-state index < -0.39 is 5.54 Å². The largest absolute Gasteiger partial charge is 0.464 e. The van der Waals surface area contributed by atoms with Crippen molar-refractivity contribution in [1.29, 1.82) is 0 Å². The lowest BCUT2D eigenvalue weighted by Gasteiger charge is -2.32. The SMILES string of the molecule is C=CC1=C(C=C)N2CCCC2(C(=O)OCC)C1. The van der Waals surface area contributed by atoms with Gasteiger partial charge in [-0.1, -0.05) is 19.2 Å². The fraction of sp³-hybridized carbons (Fsp3) is 0.500. The molecule has 0 aromatic heterocycles. The maximum absolute atomic E-state index is 12.2. The van der Waals surface area contributed by atoms with Gasteiger partial charge in [-0.3, -0.25) is 0 Å². The first-order chi connectivity index (χ1) is 8.19. The summed E-state index contributed by atoms with van der Waals surface area (Å²) < 4.78 is 5.24. The molecular formula is C14H19NO2. The summed E-state index contributed by atoms with van der Waals surface area (Å²) in [7, 11) is 0. The number of hydrogen-bond acceptors (Lipinski definition) is 3. The van der Waals surface area contributed by atoms with E-state index in [0.717, 1.165) is 30.7 Å². The summed E-state index contributed by atoms with van der Waals surface area (Å²) in [5, 5.41) is 0. The van der Waals surface area contributed by atoms with Crippen molar-refractivity contribution in [1.82, 2.24) is 4.90 Å². The number of carbonyl (C=O) groups excluding carboxylic acids is 1. The number of nitrogens with zero attached hydrogens (tertiary/aromatic N) is 1. The molecule has 3 nitrogen and oxygen atoms in total. The molecule has 3 heteroatoms. The highest BCUT2D eigenvalue weighted by Crippen LogP contribution is 2.46. The standard InChI is InChI=1S/C14H19NO2/c1-4-11-10-14(13(16)17-6-3)8-7-9-15(14)12(11)5-2/h4-5H,1-2,6-10H2,3H3. The smallest absolute Gasteiger partial charge is 0.332 e. The molecule has 0 N–H and O–H groups in total. The molecule has 1 atom stereocenters.